The lowest BCUT2D eigenvalue weighted by atomic mass is 10.3. The summed E-state index contributed by atoms with van der Waals surface area (Å²) in [5, 5.41) is 0.317. The minimum atomic E-state index is -3.66. The number of hydrogen-bond acceptors (Lipinski definition) is 6. The highest BCUT2D eigenvalue weighted by molar-refractivity contribution is 8.00. The van der Waals surface area contributed by atoms with E-state index in [-0.39, 0.29) is 10.5 Å². The van der Waals surface area contributed by atoms with E-state index in [0.717, 1.165) is 11.8 Å². The van der Waals surface area contributed by atoms with E-state index in [0.29, 0.717) is 21.4 Å². The van der Waals surface area contributed by atoms with Crippen LogP contribution in [-0.2, 0) is 10.0 Å². The fourth-order valence-corrected chi connectivity index (χ4v) is 3.78. The number of benzene rings is 1. The lowest BCUT2D eigenvalue weighted by Crippen LogP contribution is -2.19. The number of nitrogen functional groups attached to an aromatic ring is 1. The molecule has 0 amide bonds. The maximum Gasteiger partial charge on any atom is 0.251 e. The predicted molar refractivity (Wildman–Crippen MR) is 80.8 cm³/mol. The molecule has 0 atom stereocenters. The molecule has 0 radical (unpaired) electrons. The van der Waals surface area contributed by atoms with Gasteiger partial charge in [0.15, 0.2) is 5.16 Å². The Morgan fingerprint density at radius 1 is 1.33 bits per heavy atom. The van der Waals surface area contributed by atoms with Crippen molar-refractivity contribution < 1.29 is 8.42 Å². The molecule has 0 aliphatic heterocycles. The molecule has 0 aliphatic rings. The fourth-order valence-electron chi connectivity index (χ4n) is 1.63. The molecular formula is C12H14N4O3S2. The van der Waals surface area contributed by atoms with Crippen molar-refractivity contribution in [2.75, 3.05) is 12.8 Å². The second kappa shape index (κ2) is 5.88. The molecule has 0 saturated heterocycles. The quantitative estimate of drug-likeness (QED) is 0.563. The summed E-state index contributed by atoms with van der Waals surface area (Å²) in [7, 11) is -2.34. The zero-order chi connectivity index (χ0) is 15.6. The summed E-state index contributed by atoms with van der Waals surface area (Å²) < 4.78 is 26.3. The van der Waals surface area contributed by atoms with Crippen molar-refractivity contribution in [3.05, 3.63) is 40.3 Å². The number of nitrogens with zero attached hydrogens (tertiary/aromatic N) is 1. The van der Waals surface area contributed by atoms with Gasteiger partial charge in [-0.3, -0.25) is 4.79 Å². The number of anilines is 1. The van der Waals surface area contributed by atoms with Gasteiger partial charge in [0.2, 0.25) is 10.0 Å². The number of aromatic amines is 1. The summed E-state index contributed by atoms with van der Waals surface area (Å²) in [6.07, 6.45) is 0. The Morgan fingerprint density at radius 2 is 2.05 bits per heavy atom. The monoisotopic (exact) mass is 326 g/mol. The van der Waals surface area contributed by atoms with Gasteiger partial charge in [-0.2, -0.15) is 0 Å². The molecule has 112 valence electrons. The van der Waals surface area contributed by atoms with Crippen molar-refractivity contribution in [3.63, 3.8) is 0 Å². The van der Waals surface area contributed by atoms with Gasteiger partial charge in [0.25, 0.3) is 5.56 Å². The predicted octanol–water partition coefficient (Wildman–Crippen LogP) is 0.720. The number of nitrogens with one attached hydrogen (secondary N) is 2. The summed E-state index contributed by atoms with van der Waals surface area (Å²) in [6, 6.07) is 5.89. The van der Waals surface area contributed by atoms with E-state index in [9.17, 15) is 13.2 Å². The second-order valence-electron chi connectivity index (χ2n) is 4.21. The van der Waals surface area contributed by atoms with Gasteiger partial charge in [-0.1, -0.05) is 11.8 Å². The largest absolute Gasteiger partial charge is 0.399 e. The SMILES string of the molecule is CNS(=O)(=O)c1cc(N)ccc1Sc1nc(C)cc(=O)[nH]1. The van der Waals surface area contributed by atoms with Gasteiger partial charge >= 0.3 is 0 Å². The summed E-state index contributed by atoms with van der Waals surface area (Å²) in [5.41, 5.74) is 6.24. The van der Waals surface area contributed by atoms with E-state index < -0.39 is 10.0 Å². The van der Waals surface area contributed by atoms with E-state index in [2.05, 4.69) is 14.7 Å². The van der Waals surface area contributed by atoms with E-state index in [4.69, 9.17) is 5.73 Å². The average Bonchev–Trinajstić information content (AvgIpc) is 2.39. The topological polar surface area (TPSA) is 118 Å². The zero-order valence-electron chi connectivity index (χ0n) is 11.4. The molecular weight excluding hydrogens is 312 g/mol. The van der Waals surface area contributed by atoms with Gasteiger partial charge in [-0.25, -0.2) is 18.1 Å². The highest BCUT2D eigenvalue weighted by atomic mass is 32.2. The standard InChI is InChI=1S/C12H14N4O3S2/c1-7-5-11(17)16-12(15-7)20-9-4-3-8(13)6-10(9)21(18,19)14-2/h3-6,14H,13H2,1-2H3,(H,15,16,17). The Morgan fingerprint density at radius 3 is 2.67 bits per heavy atom. The van der Waals surface area contributed by atoms with E-state index in [1.807, 2.05) is 0 Å². The first-order chi connectivity index (χ1) is 9.81. The minimum absolute atomic E-state index is 0.0409. The number of aryl methyl sites for hydroxylation is 1. The van der Waals surface area contributed by atoms with Gasteiger partial charge in [0, 0.05) is 22.3 Å². The highest BCUT2D eigenvalue weighted by Crippen LogP contribution is 2.31. The van der Waals surface area contributed by atoms with Crippen LogP contribution in [0.15, 0.2) is 44.0 Å². The van der Waals surface area contributed by atoms with Crippen LogP contribution in [0.1, 0.15) is 5.69 Å². The van der Waals surface area contributed by atoms with Crippen molar-refractivity contribution in [1.82, 2.24) is 14.7 Å². The molecule has 0 spiro atoms. The normalized spacial score (nSPS) is 11.5. The van der Waals surface area contributed by atoms with Crippen LogP contribution in [0.3, 0.4) is 0 Å². The molecule has 1 aromatic heterocycles. The summed E-state index contributed by atoms with van der Waals surface area (Å²) in [4.78, 5) is 18.6. The Hall–Kier alpha value is -1.84. The van der Waals surface area contributed by atoms with Gasteiger partial charge in [-0.05, 0) is 32.2 Å². The maximum absolute atomic E-state index is 12.0. The van der Waals surface area contributed by atoms with Crippen molar-refractivity contribution >= 4 is 27.5 Å². The Labute approximate surface area is 126 Å². The molecule has 21 heavy (non-hydrogen) atoms. The first-order valence-electron chi connectivity index (χ1n) is 5.91. The molecule has 0 saturated carbocycles. The third kappa shape index (κ3) is 3.63. The van der Waals surface area contributed by atoms with Crippen LogP contribution in [0.2, 0.25) is 0 Å². The zero-order valence-corrected chi connectivity index (χ0v) is 13.0. The maximum atomic E-state index is 12.0. The lowest BCUT2D eigenvalue weighted by Gasteiger charge is -2.10. The van der Waals surface area contributed by atoms with E-state index >= 15 is 0 Å². The Balaban J connectivity index is 2.52. The minimum Gasteiger partial charge on any atom is -0.399 e. The fraction of sp³-hybridized carbons (Fsp3) is 0.167. The molecule has 4 N–H and O–H groups in total. The number of sulfonamides is 1. The van der Waals surface area contributed by atoms with Crippen molar-refractivity contribution in [2.24, 2.45) is 0 Å². The van der Waals surface area contributed by atoms with Gasteiger partial charge in [0.05, 0.1) is 4.90 Å². The smallest absolute Gasteiger partial charge is 0.251 e. The second-order valence-corrected chi connectivity index (χ2v) is 7.09. The summed E-state index contributed by atoms with van der Waals surface area (Å²) in [5.74, 6) is 0. The number of nitrogens with two attached hydrogens (primary N) is 1. The van der Waals surface area contributed by atoms with Crippen molar-refractivity contribution in [1.29, 1.82) is 0 Å². The Kier molecular flexibility index (Phi) is 4.35. The molecule has 0 bridgehead atoms. The molecule has 2 aromatic rings. The molecule has 7 nitrogen and oxygen atoms in total. The number of H-pyrrole nitrogens is 1. The van der Waals surface area contributed by atoms with Gasteiger partial charge < -0.3 is 10.7 Å². The number of hydrogen-bond donors (Lipinski definition) is 3. The van der Waals surface area contributed by atoms with E-state index in [1.165, 1.54) is 19.2 Å². The summed E-state index contributed by atoms with van der Waals surface area (Å²) >= 11 is 1.05. The van der Waals surface area contributed by atoms with Crippen LogP contribution in [-0.4, -0.2) is 25.4 Å². The first kappa shape index (κ1) is 15.5. The third-order valence-corrected chi connectivity index (χ3v) is 5.13. The molecule has 0 aliphatic carbocycles. The van der Waals surface area contributed by atoms with Gasteiger partial charge in [0.1, 0.15) is 0 Å². The van der Waals surface area contributed by atoms with Gasteiger partial charge in [-0.15, -0.1) is 0 Å². The summed E-state index contributed by atoms with van der Waals surface area (Å²) in [6.45, 7) is 1.69. The van der Waals surface area contributed by atoms with Crippen LogP contribution in [0.5, 0.6) is 0 Å². The molecule has 1 aromatic carbocycles. The number of aromatic nitrogens is 2. The molecule has 0 fully saturated rings. The average molecular weight is 326 g/mol. The molecule has 9 heteroatoms. The molecule has 1 heterocycles. The lowest BCUT2D eigenvalue weighted by molar-refractivity contribution is 0.586. The van der Waals surface area contributed by atoms with Crippen LogP contribution in [0, 0.1) is 6.92 Å². The molecule has 2 rings (SSSR count). The van der Waals surface area contributed by atoms with Crippen LogP contribution >= 0.6 is 11.8 Å². The van der Waals surface area contributed by atoms with E-state index in [1.54, 1.807) is 19.1 Å². The Bertz CT molecular complexity index is 831. The van der Waals surface area contributed by atoms with Crippen molar-refractivity contribution in [2.45, 2.75) is 21.9 Å². The highest BCUT2D eigenvalue weighted by Gasteiger charge is 2.18. The third-order valence-electron chi connectivity index (χ3n) is 2.58. The van der Waals surface area contributed by atoms with Crippen LogP contribution < -0.4 is 16.0 Å². The first-order valence-corrected chi connectivity index (χ1v) is 8.20. The number of rotatable bonds is 4. The van der Waals surface area contributed by atoms with Crippen LogP contribution in [0.25, 0.3) is 0 Å². The molecule has 0 unspecified atom stereocenters. The van der Waals surface area contributed by atoms with Crippen molar-refractivity contribution in [3.8, 4) is 0 Å². The van der Waals surface area contributed by atoms with Crippen LogP contribution in [0.4, 0.5) is 5.69 Å².